The molecule has 2 aromatic heterocycles. The van der Waals surface area contributed by atoms with Crippen molar-refractivity contribution in [3.63, 3.8) is 0 Å². The van der Waals surface area contributed by atoms with Gasteiger partial charge in [-0.1, -0.05) is 31.7 Å². The number of aromatic amines is 2. The van der Waals surface area contributed by atoms with Crippen molar-refractivity contribution >= 4 is 21.5 Å². The van der Waals surface area contributed by atoms with Crippen molar-refractivity contribution in [1.29, 1.82) is 0 Å². The minimum Gasteiger partial charge on any atom is -0.366 e. The molecule has 0 spiro atoms. The van der Waals surface area contributed by atoms with Gasteiger partial charge in [0.25, 0.3) is 0 Å². The molecule has 0 saturated carbocycles. The topological polar surface area (TPSA) is 46.8 Å². The van der Waals surface area contributed by atoms with Crippen LogP contribution in [0.3, 0.4) is 0 Å². The van der Waals surface area contributed by atoms with E-state index in [1.165, 1.54) is 39.1 Å². The van der Waals surface area contributed by atoms with E-state index in [9.17, 15) is 0 Å². The Labute approximate surface area is 160 Å². The van der Waals surface area contributed by atoms with Crippen molar-refractivity contribution in [2.45, 2.75) is 25.9 Å². The Morgan fingerprint density at radius 1 is 0.889 bits per heavy atom. The molecule has 0 amide bonds. The molecule has 0 radical (unpaired) electrons. The lowest BCUT2D eigenvalue weighted by Gasteiger charge is -2.24. The minimum atomic E-state index is 0. The predicted octanol–water partition coefficient (Wildman–Crippen LogP) is 4.67. The zero-order chi connectivity index (χ0) is 17.5. The number of rotatable bonds is 4. The first kappa shape index (κ1) is 17.8. The Bertz CT molecular complexity index is 971. The van der Waals surface area contributed by atoms with E-state index in [2.05, 4.69) is 88.4 Å². The van der Waals surface area contributed by atoms with E-state index in [1.807, 2.05) is 0 Å². The molecule has 3 N–H and O–H groups in total. The molecule has 0 bridgehead atoms. The first-order valence-corrected chi connectivity index (χ1v) is 9.34. The van der Waals surface area contributed by atoms with Gasteiger partial charge in [0.1, 0.15) is 0 Å². The lowest BCUT2D eigenvalue weighted by Crippen LogP contribution is -2.35. The van der Waals surface area contributed by atoms with Gasteiger partial charge in [0.2, 0.25) is 0 Å². The highest BCUT2D eigenvalue weighted by atomic mass is 15.2. The van der Waals surface area contributed by atoms with E-state index >= 15 is 0 Å². The third-order valence-electron chi connectivity index (χ3n) is 5.64. The Kier molecular flexibility index (Phi) is 4.77. The van der Waals surface area contributed by atoms with Gasteiger partial charge in [-0.05, 0) is 64.8 Å². The van der Waals surface area contributed by atoms with E-state index in [4.69, 9.17) is 0 Å². The molecule has 140 valence electrons. The molecule has 4 aromatic rings. The van der Waals surface area contributed by atoms with Crippen LogP contribution in [0.4, 0.5) is 0 Å². The summed E-state index contributed by atoms with van der Waals surface area (Å²) in [5.74, 6) is 0. The van der Waals surface area contributed by atoms with Crippen LogP contribution in [-0.4, -0.2) is 41.0 Å². The Morgan fingerprint density at radius 2 is 1.44 bits per heavy atom. The van der Waals surface area contributed by atoms with Gasteiger partial charge in [-0.2, -0.15) is 0 Å². The standard InChI is InChI=1S/C22H24N4.CH4/c1-26-7-6-21(14-26)25-22(15-2-4-17-10-23-12-19(17)8-15)16-3-5-18-11-24-13-20(18)9-16;/h2-5,8-13,21-25H,6-7,14H2,1H3;1H4. The second-order valence-electron chi connectivity index (χ2n) is 7.53. The quantitative estimate of drug-likeness (QED) is 0.495. The van der Waals surface area contributed by atoms with Gasteiger partial charge in [-0.15, -0.1) is 0 Å². The summed E-state index contributed by atoms with van der Waals surface area (Å²) < 4.78 is 0. The number of nitrogens with one attached hydrogen (secondary N) is 3. The lowest BCUT2D eigenvalue weighted by atomic mass is 9.95. The fraction of sp³-hybridized carbons (Fsp3) is 0.304. The molecular formula is C23H28N4. The number of H-pyrrole nitrogens is 2. The van der Waals surface area contributed by atoms with Crippen LogP contribution in [0.1, 0.15) is 31.0 Å². The van der Waals surface area contributed by atoms with Crippen molar-refractivity contribution in [3.05, 3.63) is 72.3 Å². The Morgan fingerprint density at radius 3 is 1.96 bits per heavy atom. The highest BCUT2D eigenvalue weighted by molar-refractivity contribution is 5.84. The molecule has 3 heterocycles. The van der Waals surface area contributed by atoms with Crippen LogP contribution >= 0.6 is 0 Å². The van der Waals surface area contributed by atoms with Crippen molar-refractivity contribution in [2.24, 2.45) is 0 Å². The number of likely N-dealkylation sites (tertiary alicyclic amines) is 1. The van der Waals surface area contributed by atoms with E-state index in [0.29, 0.717) is 6.04 Å². The third kappa shape index (κ3) is 3.38. The Hall–Kier alpha value is -2.56. The molecule has 1 unspecified atom stereocenters. The van der Waals surface area contributed by atoms with Gasteiger partial charge in [-0.3, -0.25) is 0 Å². The molecule has 27 heavy (non-hydrogen) atoms. The van der Waals surface area contributed by atoms with Crippen molar-refractivity contribution in [3.8, 4) is 0 Å². The summed E-state index contributed by atoms with van der Waals surface area (Å²) in [7, 11) is 2.20. The van der Waals surface area contributed by atoms with E-state index in [0.717, 1.165) is 13.1 Å². The number of fused-ring (bicyclic) bond motifs is 2. The number of nitrogens with zero attached hydrogens (tertiary/aromatic N) is 1. The van der Waals surface area contributed by atoms with Crippen LogP contribution in [0.25, 0.3) is 21.5 Å². The number of benzene rings is 2. The third-order valence-corrected chi connectivity index (χ3v) is 5.64. The van der Waals surface area contributed by atoms with Crippen LogP contribution in [0.15, 0.2) is 61.2 Å². The fourth-order valence-corrected chi connectivity index (χ4v) is 4.19. The van der Waals surface area contributed by atoms with Crippen LogP contribution < -0.4 is 5.32 Å². The molecule has 1 aliphatic heterocycles. The van der Waals surface area contributed by atoms with Gasteiger partial charge < -0.3 is 20.2 Å². The van der Waals surface area contributed by atoms with Crippen LogP contribution in [0, 0.1) is 0 Å². The number of hydrogen-bond donors (Lipinski definition) is 3. The zero-order valence-electron chi connectivity index (χ0n) is 15.0. The largest absolute Gasteiger partial charge is 0.366 e. The van der Waals surface area contributed by atoms with Crippen LogP contribution in [0.2, 0.25) is 0 Å². The average molecular weight is 361 g/mol. The minimum absolute atomic E-state index is 0. The van der Waals surface area contributed by atoms with Crippen molar-refractivity contribution in [1.82, 2.24) is 20.2 Å². The summed E-state index contributed by atoms with van der Waals surface area (Å²) in [5, 5.41) is 8.98. The highest BCUT2D eigenvalue weighted by Gasteiger charge is 2.24. The molecule has 2 aromatic carbocycles. The molecule has 4 heteroatoms. The normalized spacial score (nSPS) is 17.8. The van der Waals surface area contributed by atoms with Gasteiger partial charge in [0, 0.05) is 37.4 Å². The summed E-state index contributed by atoms with van der Waals surface area (Å²) in [4.78, 5) is 8.83. The van der Waals surface area contributed by atoms with Gasteiger partial charge in [0.15, 0.2) is 0 Å². The highest BCUT2D eigenvalue weighted by Crippen LogP contribution is 2.29. The zero-order valence-corrected chi connectivity index (χ0v) is 15.0. The maximum atomic E-state index is 3.93. The summed E-state index contributed by atoms with van der Waals surface area (Å²) in [5.41, 5.74) is 2.64. The lowest BCUT2D eigenvalue weighted by molar-refractivity contribution is 0.391. The van der Waals surface area contributed by atoms with Crippen LogP contribution in [0.5, 0.6) is 0 Å². The molecule has 1 aliphatic rings. The van der Waals surface area contributed by atoms with Crippen LogP contribution in [-0.2, 0) is 0 Å². The molecule has 5 rings (SSSR count). The van der Waals surface area contributed by atoms with E-state index < -0.39 is 0 Å². The van der Waals surface area contributed by atoms with E-state index in [-0.39, 0.29) is 13.5 Å². The molecule has 1 fully saturated rings. The SMILES string of the molecule is C.CN1CCC(NC(c2ccc3c[nH]cc3c2)c2ccc3c[nH]cc3c2)C1. The first-order chi connectivity index (χ1) is 12.8. The molecule has 1 saturated heterocycles. The monoisotopic (exact) mass is 360 g/mol. The maximum Gasteiger partial charge on any atom is 0.0579 e. The van der Waals surface area contributed by atoms with E-state index in [1.54, 1.807) is 0 Å². The molecule has 1 atom stereocenters. The summed E-state index contributed by atoms with van der Waals surface area (Å²) in [6.45, 7) is 2.27. The maximum absolute atomic E-state index is 3.93. The summed E-state index contributed by atoms with van der Waals surface area (Å²) in [6.07, 6.45) is 9.47. The smallest absolute Gasteiger partial charge is 0.0579 e. The Balaban J connectivity index is 0.00000180. The molecule has 4 nitrogen and oxygen atoms in total. The number of hydrogen-bond acceptors (Lipinski definition) is 2. The second kappa shape index (κ2) is 7.22. The molecule has 0 aliphatic carbocycles. The van der Waals surface area contributed by atoms with Crippen molar-refractivity contribution < 1.29 is 0 Å². The molecular weight excluding hydrogens is 332 g/mol. The van der Waals surface area contributed by atoms with Crippen molar-refractivity contribution in [2.75, 3.05) is 20.1 Å². The summed E-state index contributed by atoms with van der Waals surface area (Å²) >= 11 is 0. The first-order valence-electron chi connectivity index (χ1n) is 9.34. The average Bonchev–Trinajstić information content (AvgIpc) is 3.39. The number of aromatic nitrogens is 2. The predicted molar refractivity (Wildman–Crippen MR) is 114 cm³/mol. The fourth-order valence-electron chi connectivity index (χ4n) is 4.19. The second-order valence-corrected chi connectivity index (χ2v) is 7.53. The summed E-state index contributed by atoms with van der Waals surface area (Å²) in [6, 6.07) is 14.3. The number of likely N-dealkylation sites (N-methyl/N-ethyl adjacent to an activating group) is 1. The van der Waals surface area contributed by atoms with Gasteiger partial charge >= 0.3 is 0 Å². The van der Waals surface area contributed by atoms with Gasteiger partial charge in [-0.25, -0.2) is 0 Å². The van der Waals surface area contributed by atoms with Gasteiger partial charge in [0.05, 0.1) is 6.04 Å².